The zero-order valence-electron chi connectivity index (χ0n) is 18.5. The van der Waals surface area contributed by atoms with Crippen molar-refractivity contribution in [2.24, 2.45) is 10.7 Å². The summed E-state index contributed by atoms with van der Waals surface area (Å²) in [5.74, 6) is -2.29. The highest BCUT2D eigenvalue weighted by Crippen LogP contribution is 2.71. The summed E-state index contributed by atoms with van der Waals surface area (Å²) in [5.41, 5.74) is 5.25. The SMILES string of the molecule is CCCP(=O)(O)OP(=O)(CCC)OP(=O)(CCC)OC(=O)c1cc(N=CN)c(C)cc1F. The monoisotopic (exact) mass is 514 g/mol. The van der Waals surface area contributed by atoms with Crippen molar-refractivity contribution < 1.29 is 40.9 Å². The van der Waals surface area contributed by atoms with Crippen molar-refractivity contribution in [2.45, 2.75) is 47.0 Å². The number of hydrogen-bond donors (Lipinski definition) is 2. The second kappa shape index (κ2) is 12.2. The molecule has 182 valence electrons. The van der Waals surface area contributed by atoms with E-state index < -0.39 is 40.1 Å². The predicted molar refractivity (Wildman–Crippen MR) is 122 cm³/mol. The molecule has 1 aromatic rings. The number of aryl methyl sites for hydroxylation is 1. The van der Waals surface area contributed by atoms with Gasteiger partial charge in [-0.3, -0.25) is 9.13 Å². The smallest absolute Gasteiger partial charge is 0.388 e. The van der Waals surface area contributed by atoms with Crippen molar-refractivity contribution in [1.82, 2.24) is 0 Å². The van der Waals surface area contributed by atoms with Gasteiger partial charge in [-0.05, 0) is 43.9 Å². The summed E-state index contributed by atoms with van der Waals surface area (Å²) in [4.78, 5) is 26.4. The zero-order valence-corrected chi connectivity index (χ0v) is 21.2. The molecule has 3 N–H and O–H groups in total. The zero-order chi connectivity index (χ0) is 24.6. The predicted octanol–water partition coefficient (Wildman–Crippen LogP) is 5.74. The van der Waals surface area contributed by atoms with E-state index in [1.165, 1.54) is 0 Å². The minimum atomic E-state index is -4.46. The van der Waals surface area contributed by atoms with Crippen molar-refractivity contribution >= 4 is 40.8 Å². The van der Waals surface area contributed by atoms with Crippen LogP contribution < -0.4 is 5.73 Å². The summed E-state index contributed by atoms with van der Waals surface area (Å²) in [5, 5.41) is 0. The molecule has 1 aromatic carbocycles. The van der Waals surface area contributed by atoms with Gasteiger partial charge in [0.1, 0.15) is 5.82 Å². The van der Waals surface area contributed by atoms with E-state index in [0.29, 0.717) is 5.56 Å². The molecule has 0 radical (unpaired) electrons. The average molecular weight is 514 g/mol. The number of benzene rings is 1. The van der Waals surface area contributed by atoms with Gasteiger partial charge in [-0.25, -0.2) is 27.4 Å². The maximum absolute atomic E-state index is 14.4. The fourth-order valence-corrected chi connectivity index (χ4v) is 9.67. The van der Waals surface area contributed by atoms with Crippen LogP contribution in [0.1, 0.15) is 56.0 Å². The molecule has 0 fully saturated rings. The molecular formula is C18H30FN2O8P3. The highest BCUT2D eigenvalue weighted by Gasteiger charge is 2.42. The first-order chi connectivity index (χ1) is 14.8. The number of nitrogens with zero attached hydrogens (tertiary/aromatic N) is 1. The van der Waals surface area contributed by atoms with Gasteiger partial charge in [-0.1, -0.05) is 20.8 Å². The van der Waals surface area contributed by atoms with Crippen LogP contribution in [0.3, 0.4) is 0 Å². The Bertz CT molecular complexity index is 985. The van der Waals surface area contributed by atoms with Crippen LogP contribution in [-0.2, 0) is 26.8 Å². The van der Waals surface area contributed by atoms with E-state index in [2.05, 4.69) is 4.99 Å². The van der Waals surface area contributed by atoms with E-state index in [9.17, 15) is 27.8 Å². The average Bonchev–Trinajstić information content (AvgIpc) is 2.62. The van der Waals surface area contributed by atoms with Gasteiger partial charge in [-0.2, -0.15) is 0 Å². The third kappa shape index (κ3) is 8.54. The summed E-state index contributed by atoms with van der Waals surface area (Å²) in [6.07, 6.45) is 0.629. The van der Waals surface area contributed by atoms with Gasteiger partial charge in [0.15, 0.2) is 0 Å². The number of aliphatic imine (C=N–C) groups is 1. The highest BCUT2D eigenvalue weighted by atomic mass is 31.3. The molecule has 14 heteroatoms. The maximum Gasteiger partial charge on any atom is 0.388 e. The quantitative estimate of drug-likeness (QED) is 0.190. The number of hydrogen-bond acceptors (Lipinski definition) is 8. The lowest BCUT2D eigenvalue weighted by atomic mass is 10.1. The third-order valence-corrected chi connectivity index (χ3v) is 11.4. The van der Waals surface area contributed by atoms with Gasteiger partial charge in [0, 0.05) is 0 Å². The summed E-state index contributed by atoms with van der Waals surface area (Å²) < 4.78 is 68.0. The highest BCUT2D eigenvalue weighted by molar-refractivity contribution is 7.72. The summed E-state index contributed by atoms with van der Waals surface area (Å²) in [6.45, 7) is 6.39. The van der Waals surface area contributed by atoms with Gasteiger partial charge in [0.2, 0.25) is 0 Å². The van der Waals surface area contributed by atoms with E-state index in [0.717, 1.165) is 18.5 Å². The van der Waals surface area contributed by atoms with Crippen LogP contribution in [0.15, 0.2) is 17.1 Å². The van der Waals surface area contributed by atoms with E-state index in [1.54, 1.807) is 27.7 Å². The largest absolute Gasteiger partial charge is 0.390 e. The minimum absolute atomic E-state index is 0.182. The Morgan fingerprint density at radius 2 is 1.62 bits per heavy atom. The molecular weight excluding hydrogens is 484 g/mol. The third-order valence-electron chi connectivity index (χ3n) is 3.94. The summed E-state index contributed by atoms with van der Waals surface area (Å²) in [7, 11) is -13.2. The molecule has 0 aliphatic rings. The number of rotatable bonds is 13. The second-order valence-electron chi connectivity index (χ2n) is 6.97. The minimum Gasteiger partial charge on any atom is -0.390 e. The van der Waals surface area contributed by atoms with E-state index in [-0.39, 0.29) is 43.4 Å². The Labute approximate surface area is 187 Å². The fourth-order valence-electron chi connectivity index (χ4n) is 2.67. The lowest BCUT2D eigenvalue weighted by Gasteiger charge is -2.25. The van der Waals surface area contributed by atoms with Gasteiger partial charge in [-0.15, -0.1) is 0 Å². The molecule has 10 nitrogen and oxygen atoms in total. The molecule has 3 unspecified atom stereocenters. The van der Waals surface area contributed by atoms with E-state index in [4.69, 9.17) is 18.9 Å². The van der Waals surface area contributed by atoms with Crippen LogP contribution in [0.4, 0.5) is 10.1 Å². The summed E-state index contributed by atoms with van der Waals surface area (Å²) >= 11 is 0. The van der Waals surface area contributed by atoms with Gasteiger partial charge >= 0.3 is 28.8 Å². The second-order valence-corrected chi connectivity index (χ2v) is 13.5. The van der Waals surface area contributed by atoms with E-state index >= 15 is 0 Å². The number of carbonyl (C=O) groups is 1. The van der Waals surface area contributed by atoms with Crippen LogP contribution in [0.25, 0.3) is 0 Å². The molecule has 0 saturated heterocycles. The van der Waals surface area contributed by atoms with Crippen LogP contribution in [0.2, 0.25) is 0 Å². The van der Waals surface area contributed by atoms with Crippen LogP contribution in [0.5, 0.6) is 0 Å². The Morgan fingerprint density at radius 3 is 2.16 bits per heavy atom. The molecule has 0 heterocycles. The van der Waals surface area contributed by atoms with Gasteiger partial charge in [0.05, 0.1) is 36.1 Å². The molecule has 0 spiro atoms. The first kappa shape index (κ1) is 28.7. The first-order valence-electron chi connectivity index (χ1n) is 10.0. The van der Waals surface area contributed by atoms with Crippen LogP contribution >= 0.6 is 22.8 Å². The molecule has 0 amide bonds. The molecule has 0 aromatic heterocycles. The standard InChI is InChI=1S/C18H30FN2O8P3/c1-5-8-30(23,24)28-32(26,10-7-3)29-31(25,9-6-2)27-18(22)15-12-17(21-13-20)14(4)11-16(15)19/h11-13H,5-10H2,1-4H3,(H2,20,21)(H,23,24). The Kier molecular flexibility index (Phi) is 11.0. The molecule has 0 aliphatic heterocycles. The Balaban J connectivity index is 3.29. The van der Waals surface area contributed by atoms with Crippen LogP contribution in [0, 0.1) is 12.7 Å². The van der Waals surface area contributed by atoms with Crippen molar-refractivity contribution in [2.75, 3.05) is 18.5 Å². The molecule has 0 bridgehead atoms. The van der Waals surface area contributed by atoms with Crippen molar-refractivity contribution in [3.05, 3.63) is 29.1 Å². The molecule has 0 aliphatic carbocycles. The fraction of sp³-hybridized carbons (Fsp3) is 0.556. The van der Waals surface area contributed by atoms with Crippen molar-refractivity contribution in [3.63, 3.8) is 0 Å². The van der Waals surface area contributed by atoms with Gasteiger partial charge < -0.3 is 15.2 Å². The van der Waals surface area contributed by atoms with E-state index in [1.807, 2.05) is 0 Å². The Morgan fingerprint density at radius 1 is 1.06 bits per heavy atom. The van der Waals surface area contributed by atoms with Crippen molar-refractivity contribution in [1.29, 1.82) is 0 Å². The number of carbonyl (C=O) groups excluding carboxylic acids is 1. The maximum atomic E-state index is 14.4. The number of halogens is 1. The lowest BCUT2D eigenvalue weighted by molar-refractivity contribution is 0.0715. The molecule has 32 heavy (non-hydrogen) atoms. The lowest BCUT2D eigenvalue weighted by Crippen LogP contribution is -2.10. The van der Waals surface area contributed by atoms with Crippen molar-refractivity contribution in [3.8, 4) is 0 Å². The molecule has 3 atom stereocenters. The molecule has 1 rings (SSSR count). The topological polar surface area (TPSA) is 155 Å². The molecule has 0 saturated carbocycles. The van der Waals surface area contributed by atoms with Crippen LogP contribution in [-0.4, -0.2) is 35.7 Å². The Hall–Kier alpha value is -1.34. The normalized spacial score (nSPS) is 17.4. The number of nitrogens with two attached hydrogens (primary N) is 1. The van der Waals surface area contributed by atoms with Gasteiger partial charge in [0.25, 0.3) is 0 Å². The first-order valence-corrected chi connectivity index (χ1v) is 15.3. The summed E-state index contributed by atoms with van der Waals surface area (Å²) in [6, 6.07) is 2.10.